The van der Waals surface area contributed by atoms with Crippen LogP contribution >= 0.6 is 0 Å². The SMILES string of the molecule is CCCC1(CCC)NC(=O)N(CC(=O)NNC(=O)c2ccc(C)cc2)C1=O. The van der Waals surface area contributed by atoms with Crippen LogP contribution in [0.4, 0.5) is 4.79 Å². The number of nitrogens with zero attached hydrogens (tertiary/aromatic N) is 1. The van der Waals surface area contributed by atoms with Gasteiger partial charge in [-0.15, -0.1) is 0 Å². The van der Waals surface area contributed by atoms with E-state index < -0.39 is 35.8 Å². The summed E-state index contributed by atoms with van der Waals surface area (Å²) >= 11 is 0. The Balaban J connectivity index is 1.94. The van der Waals surface area contributed by atoms with Gasteiger partial charge in [0.15, 0.2) is 0 Å². The second-order valence-electron chi connectivity index (χ2n) is 6.77. The van der Waals surface area contributed by atoms with Gasteiger partial charge in [-0.05, 0) is 31.9 Å². The zero-order valence-electron chi connectivity index (χ0n) is 15.9. The molecule has 1 saturated heterocycles. The topological polar surface area (TPSA) is 108 Å². The molecule has 1 aromatic carbocycles. The Hall–Kier alpha value is -2.90. The molecule has 0 bridgehead atoms. The first-order valence-electron chi connectivity index (χ1n) is 9.13. The number of carbonyl (C=O) groups is 4. The fraction of sp³-hybridized carbons (Fsp3) is 0.474. The fourth-order valence-corrected chi connectivity index (χ4v) is 3.22. The molecule has 2 rings (SSSR count). The molecule has 1 aliphatic heterocycles. The van der Waals surface area contributed by atoms with Crippen molar-refractivity contribution in [1.82, 2.24) is 21.1 Å². The second kappa shape index (κ2) is 8.66. The van der Waals surface area contributed by atoms with E-state index in [1.165, 1.54) is 0 Å². The highest BCUT2D eigenvalue weighted by molar-refractivity contribution is 6.09. The molecule has 1 heterocycles. The minimum Gasteiger partial charge on any atom is -0.323 e. The fourth-order valence-electron chi connectivity index (χ4n) is 3.22. The summed E-state index contributed by atoms with van der Waals surface area (Å²) in [7, 11) is 0. The molecule has 0 atom stereocenters. The number of hydrogen-bond donors (Lipinski definition) is 3. The average molecular weight is 374 g/mol. The molecule has 8 nitrogen and oxygen atoms in total. The van der Waals surface area contributed by atoms with Crippen molar-refractivity contribution in [2.75, 3.05) is 6.54 Å². The molecule has 5 amide bonds. The van der Waals surface area contributed by atoms with E-state index >= 15 is 0 Å². The van der Waals surface area contributed by atoms with Crippen LogP contribution in [0.5, 0.6) is 0 Å². The van der Waals surface area contributed by atoms with Crippen LogP contribution in [0.3, 0.4) is 0 Å². The minimum atomic E-state index is -0.938. The van der Waals surface area contributed by atoms with Gasteiger partial charge in [0.1, 0.15) is 12.1 Å². The van der Waals surface area contributed by atoms with Gasteiger partial charge >= 0.3 is 6.03 Å². The largest absolute Gasteiger partial charge is 0.325 e. The van der Waals surface area contributed by atoms with Crippen LogP contribution < -0.4 is 16.2 Å². The van der Waals surface area contributed by atoms with Crippen LogP contribution in [-0.2, 0) is 9.59 Å². The zero-order chi connectivity index (χ0) is 20.0. The highest BCUT2D eigenvalue weighted by Gasteiger charge is 2.50. The van der Waals surface area contributed by atoms with E-state index in [1.54, 1.807) is 24.3 Å². The average Bonchev–Trinajstić information content (AvgIpc) is 2.85. The Labute approximate surface area is 158 Å². The maximum atomic E-state index is 12.7. The predicted octanol–water partition coefficient (Wildman–Crippen LogP) is 1.65. The number of hydrazine groups is 1. The van der Waals surface area contributed by atoms with Gasteiger partial charge in [-0.1, -0.05) is 44.4 Å². The summed E-state index contributed by atoms with van der Waals surface area (Å²) in [5.74, 6) is -1.52. The Bertz CT molecular complexity index is 724. The summed E-state index contributed by atoms with van der Waals surface area (Å²) in [5, 5.41) is 2.74. The molecule has 0 saturated carbocycles. The first kappa shape index (κ1) is 20.4. The summed E-state index contributed by atoms with van der Waals surface area (Å²) < 4.78 is 0. The highest BCUT2D eigenvalue weighted by Crippen LogP contribution is 2.27. The lowest BCUT2D eigenvalue weighted by molar-refractivity contribution is -0.135. The lowest BCUT2D eigenvalue weighted by Gasteiger charge is -2.25. The van der Waals surface area contributed by atoms with E-state index in [1.807, 2.05) is 20.8 Å². The Kier molecular flexibility index (Phi) is 6.55. The Morgan fingerprint density at radius 3 is 2.19 bits per heavy atom. The number of amides is 5. The molecule has 1 fully saturated rings. The Morgan fingerprint density at radius 2 is 1.63 bits per heavy atom. The molecule has 0 spiro atoms. The van der Waals surface area contributed by atoms with E-state index in [0.29, 0.717) is 18.4 Å². The smallest absolute Gasteiger partial charge is 0.323 e. The minimum absolute atomic E-state index is 0.390. The molecule has 8 heteroatoms. The Morgan fingerprint density at radius 1 is 1.04 bits per heavy atom. The van der Waals surface area contributed by atoms with Gasteiger partial charge in [0.05, 0.1) is 0 Å². The van der Waals surface area contributed by atoms with Crippen LogP contribution in [0.2, 0.25) is 0 Å². The van der Waals surface area contributed by atoms with Gasteiger partial charge in [0, 0.05) is 5.56 Å². The van der Waals surface area contributed by atoms with E-state index in [-0.39, 0.29) is 0 Å². The standard InChI is InChI=1S/C19H26N4O4/c1-4-10-19(11-5-2)17(26)23(18(27)20-19)12-15(24)21-22-16(25)14-8-6-13(3)7-9-14/h6-9H,4-5,10-12H2,1-3H3,(H,20,27)(H,21,24)(H,22,25). The van der Waals surface area contributed by atoms with Crippen LogP contribution in [0.1, 0.15) is 55.5 Å². The normalized spacial score (nSPS) is 15.4. The predicted molar refractivity (Wildman–Crippen MR) is 99.6 cm³/mol. The molecule has 27 heavy (non-hydrogen) atoms. The van der Waals surface area contributed by atoms with Crippen LogP contribution in [0.15, 0.2) is 24.3 Å². The van der Waals surface area contributed by atoms with E-state index in [2.05, 4.69) is 16.2 Å². The number of aryl methyl sites for hydroxylation is 1. The quantitative estimate of drug-likeness (QED) is 0.498. The first-order valence-corrected chi connectivity index (χ1v) is 9.13. The van der Waals surface area contributed by atoms with Gasteiger partial charge in [0.25, 0.3) is 17.7 Å². The van der Waals surface area contributed by atoms with Crippen molar-refractivity contribution in [3.05, 3.63) is 35.4 Å². The van der Waals surface area contributed by atoms with Crippen molar-refractivity contribution in [3.63, 3.8) is 0 Å². The van der Waals surface area contributed by atoms with Gasteiger partial charge in [-0.2, -0.15) is 0 Å². The number of carbonyl (C=O) groups excluding carboxylic acids is 4. The van der Waals surface area contributed by atoms with Crippen molar-refractivity contribution in [1.29, 1.82) is 0 Å². The number of hydrogen-bond acceptors (Lipinski definition) is 4. The molecule has 146 valence electrons. The molecule has 1 aliphatic rings. The third-order valence-electron chi connectivity index (χ3n) is 4.53. The second-order valence-corrected chi connectivity index (χ2v) is 6.77. The summed E-state index contributed by atoms with van der Waals surface area (Å²) in [4.78, 5) is 49.9. The summed E-state index contributed by atoms with van der Waals surface area (Å²) in [5.41, 5.74) is 4.99. The van der Waals surface area contributed by atoms with Gasteiger partial charge < -0.3 is 5.32 Å². The number of imide groups is 1. The molecule has 1 aromatic rings. The molecule has 0 unspecified atom stereocenters. The van der Waals surface area contributed by atoms with Gasteiger partial charge in [-0.25, -0.2) is 4.79 Å². The molecule has 0 radical (unpaired) electrons. The van der Waals surface area contributed by atoms with Crippen molar-refractivity contribution >= 4 is 23.8 Å². The van der Waals surface area contributed by atoms with E-state index in [9.17, 15) is 19.2 Å². The number of nitrogens with one attached hydrogen (secondary N) is 3. The molecular weight excluding hydrogens is 348 g/mol. The third kappa shape index (κ3) is 4.64. The zero-order valence-corrected chi connectivity index (χ0v) is 15.9. The summed E-state index contributed by atoms with van der Waals surface area (Å²) in [6.45, 7) is 5.33. The van der Waals surface area contributed by atoms with Gasteiger partial charge in [-0.3, -0.25) is 30.1 Å². The summed E-state index contributed by atoms with van der Waals surface area (Å²) in [6.07, 6.45) is 2.51. The van der Waals surface area contributed by atoms with Gasteiger partial charge in [0.2, 0.25) is 0 Å². The number of urea groups is 1. The maximum Gasteiger partial charge on any atom is 0.325 e. The van der Waals surface area contributed by atoms with Crippen molar-refractivity contribution in [3.8, 4) is 0 Å². The lowest BCUT2D eigenvalue weighted by Crippen LogP contribution is -2.49. The van der Waals surface area contributed by atoms with Crippen LogP contribution in [-0.4, -0.2) is 40.7 Å². The van der Waals surface area contributed by atoms with Crippen LogP contribution in [0, 0.1) is 6.92 Å². The lowest BCUT2D eigenvalue weighted by atomic mass is 9.88. The van der Waals surface area contributed by atoms with E-state index in [4.69, 9.17) is 0 Å². The third-order valence-corrected chi connectivity index (χ3v) is 4.53. The first-order chi connectivity index (χ1) is 12.8. The molecule has 3 N–H and O–H groups in total. The molecule has 0 aromatic heterocycles. The number of rotatable bonds is 7. The van der Waals surface area contributed by atoms with Crippen molar-refractivity contribution < 1.29 is 19.2 Å². The van der Waals surface area contributed by atoms with Crippen molar-refractivity contribution in [2.45, 2.75) is 52.0 Å². The summed E-state index contributed by atoms with van der Waals surface area (Å²) in [6, 6.07) is 6.26. The van der Waals surface area contributed by atoms with E-state index in [0.717, 1.165) is 23.3 Å². The highest BCUT2D eigenvalue weighted by atomic mass is 16.2. The monoisotopic (exact) mass is 374 g/mol. The molecular formula is C19H26N4O4. The maximum absolute atomic E-state index is 12.7. The van der Waals surface area contributed by atoms with Crippen molar-refractivity contribution in [2.24, 2.45) is 0 Å². The molecule has 0 aliphatic carbocycles. The number of benzene rings is 1. The van der Waals surface area contributed by atoms with Crippen LogP contribution in [0.25, 0.3) is 0 Å².